The summed E-state index contributed by atoms with van der Waals surface area (Å²) in [7, 11) is 0. The van der Waals surface area contributed by atoms with Gasteiger partial charge < -0.3 is 11.1 Å². The summed E-state index contributed by atoms with van der Waals surface area (Å²) in [5.41, 5.74) is 6.98. The lowest BCUT2D eigenvalue weighted by Crippen LogP contribution is -2.27. The van der Waals surface area contributed by atoms with Crippen molar-refractivity contribution in [3.63, 3.8) is 0 Å². The largest absolute Gasteiger partial charge is 0.370 e. The molecule has 1 unspecified atom stereocenters. The van der Waals surface area contributed by atoms with Gasteiger partial charge >= 0.3 is 0 Å². The average Bonchev–Trinajstić information content (AvgIpc) is 2.88. The van der Waals surface area contributed by atoms with Crippen molar-refractivity contribution >= 4 is 39.1 Å². The highest BCUT2D eigenvalue weighted by Crippen LogP contribution is 2.27. The minimum absolute atomic E-state index is 0.461. The van der Waals surface area contributed by atoms with Crippen LogP contribution in [-0.2, 0) is 11.3 Å². The Bertz CT molecular complexity index is 644. The van der Waals surface area contributed by atoms with Gasteiger partial charge in [0, 0.05) is 28.5 Å². The van der Waals surface area contributed by atoms with E-state index in [4.69, 9.17) is 17.3 Å². The summed E-state index contributed by atoms with van der Waals surface area (Å²) in [5, 5.41) is 7.93. The van der Waals surface area contributed by atoms with E-state index < -0.39 is 11.9 Å². The molecule has 21 heavy (non-hydrogen) atoms. The standard InChI is InChI=1S/C14H16BrClN4O/c1-2-5-20-8-9(7-18-20)13(14(17)21)19-10-3-4-12(16)11(15)6-10/h3-4,6-8,13,19H,2,5H2,1H3,(H2,17,21). The summed E-state index contributed by atoms with van der Waals surface area (Å²) in [6.07, 6.45) is 4.46. The second-order valence-electron chi connectivity index (χ2n) is 4.65. The van der Waals surface area contributed by atoms with Gasteiger partial charge in [0.15, 0.2) is 0 Å². The Morgan fingerprint density at radius 1 is 1.57 bits per heavy atom. The van der Waals surface area contributed by atoms with E-state index in [0.717, 1.165) is 28.7 Å². The smallest absolute Gasteiger partial charge is 0.244 e. The maximum absolute atomic E-state index is 11.7. The zero-order valence-electron chi connectivity index (χ0n) is 11.5. The van der Waals surface area contributed by atoms with E-state index in [1.54, 1.807) is 29.1 Å². The van der Waals surface area contributed by atoms with Gasteiger partial charge in [0.05, 0.1) is 11.2 Å². The summed E-state index contributed by atoms with van der Waals surface area (Å²) >= 11 is 9.30. The summed E-state index contributed by atoms with van der Waals surface area (Å²) in [5.74, 6) is -0.461. The fourth-order valence-electron chi connectivity index (χ4n) is 1.95. The highest BCUT2D eigenvalue weighted by molar-refractivity contribution is 9.10. The van der Waals surface area contributed by atoms with Crippen LogP contribution in [0.25, 0.3) is 0 Å². The number of hydrogen-bond acceptors (Lipinski definition) is 3. The van der Waals surface area contributed by atoms with E-state index in [1.807, 2.05) is 6.20 Å². The molecule has 0 bridgehead atoms. The van der Waals surface area contributed by atoms with Gasteiger partial charge in [-0.05, 0) is 40.5 Å². The molecule has 3 N–H and O–H groups in total. The lowest BCUT2D eigenvalue weighted by Gasteiger charge is -2.15. The van der Waals surface area contributed by atoms with Gasteiger partial charge in [0.1, 0.15) is 6.04 Å². The second kappa shape index (κ2) is 6.95. The summed E-state index contributed by atoms with van der Waals surface area (Å²) in [6, 6.07) is 4.70. The fourth-order valence-corrected chi connectivity index (χ4v) is 2.45. The number of primary amides is 1. The second-order valence-corrected chi connectivity index (χ2v) is 5.91. The molecule has 112 valence electrons. The molecule has 0 aliphatic carbocycles. The third kappa shape index (κ3) is 3.98. The number of carbonyl (C=O) groups is 1. The van der Waals surface area contributed by atoms with E-state index in [0.29, 0.717) is 5.02 Å². The molecule has 0 saturated heterocycles. The van der Waals surface area contributed by atoms with Crippen molar-refractivity contribution in [1.29, 1.82) is 0 Å². The number of rotatable bonds is 6. The van der Waals surface area contributed by atoms with Gasteiger partial charge in [-0.15, -0.1) is 0 Å². The van der Waals surface area contributed by atoms with Crippen molar-refractivity contribution in [2.75, 3.05) is 5.32 Å². The Morgan fingerprint density at radius 2 is 2.33 bits per heavy atom. The Balaban J connectivity index is 2.22. The van der Waals surface area contributed by atoms with Crippen LogP contribution in [0.2, 0.25) is 5.02 Å². The fraction of sp³-hybridized carbons (Fsp3) is 0.286. The Morgan fingerprint density at radius 3 is 2.95 bits per heavy atom. The molecule has 1 aromatic heterocycles. The molecule has 0 saturated carbocycles. The lowest BCUT2D eigenvalue weighted by atomic mass is 10.1. The van der Waals surface area contributed by atoms with Gasteiger partial charge in [-0.2, -0.15) is 5.10 Å². The van der Waals surface area contributed by atoms with Crippen LogP contribution in [-0.4, -0.2) is 15.7 Å². The molecule has 0 fully saturated rings. The number of aromatic nitrogens is 2. The quantitative estimate of drug-likeness (QED) is 0.818. The molecule has 0 aliphatic heterocycles. The van der Waals surface area contributed by atoms with Crippen molar-refractivity contribution in [3.8, 4) is 0 Å². The number of hydrogen-bond donors (Lipinski definition) is 2. The monoisotopic (exact) mass is 370 g/mol. The highest BCUT2D eigenvalue weighted by atomic mass is 79.9. The number of nitrogens with two attached hydrogens (primary N) is 1. The number of nitrogens with one attached hydrogen (secondary N) is 1. The average molecular weight is 372 g/mol. The summed E-state index contributed by atoms with van der Waals surface area (Å²) in [4.78, 5) is 11.7. The minimum atomic E-state index is -0.635. The van der Waals surface area contributed by atoms with Crippen LogP contribution in [0.5, 0.6) is 0 Å². The first-order chi connectivity index (χ1) is 10.0. The molecule has 0 spiro atoms. The van der Waals surface area contributed by atoms with Crippen molar-refractivity contribution < 1.29 is 4.79 Å². The van der Waals surface area contributed by atoms with Crippen molar-refractivity contribution in [2.24, 2.45) is 5.73 Å². The van der Waals surface area contributed by atoms with Crippen molar-refractivity contribution in [2.45, 2.75) is 25.9 Å². The van der Waals surface area contributed by atoms with Gasteiger partial charge in [-0.3, -0.25) is 9.48 Å². The normalized spacial score (nSPS) is 12.1. The van der Waals surface area contributed by atoms with Crippen LogP contribution in [0.15, 0.2) is 35.1 Å². The molecule has 7 heteroatoms. The molecule has 1 amide bonds. The van der Waals surface area contributed by atoms with Crippen LogP contribution in [0.4, 0.5) is 5.69 Å². The predicted octanol–water partition coefficient (Wildman–Crippen LogP) is 3.35. The molecule has 2 rings (SSSR count). The third-order valence-corrected chi connectivity index (χ3v) is 4.17. The van der Waals surface area contributed by atoms with Gasteiger partial charge in [-0.1, -0.05) is 18.5 Å². The molecule has 5 nitrogen and oxygen atoms in total. The first-order valence-electron chi connectivity index (χ1n) is 6.54. The SMILES string of the molecule is CCCn1cc(C(Nc2ccc(Cl)c(Br)c2)C(N)=O)cn1. The highest BCUT2D eigenvalue weighted by Gasteiger charge is 2.19. The summed E-state index contributed by atoms with van der Waals surface area (Å²) < 4.78 is 2.55. The van der Waals surface area contributed by atoms with Crippen molar-refractivity contribution in [3.05, 3.63) is 45.7 Å². The predicted molar refractivity (Wildman–Crippen MR) is 87.2 cm³/mol. The van der Waals surface area contributed by atoms with E-state index in [2.05, 4.69) is 33.3 Å². The molecule has 1 aromatic carbocycles. The molecule has 2 aromatic rings. The van der Waals surface area contributed by atoms with Crippen LogP contribution < -0.4 is 11.1 Å². The molecule has 0 radical (unpaired) electrons. The van der Waals surface area contributed by atoms with Crippen LogP contribution >= 0.6 is 27.5 Å². The lowest BCUT2D eigenvalue weighted by molar-refractivity contribution is -0.118. The third-order valence-electron chi connectivity index (χ3n) is 2.95. The summed E-state index contributed by atoms with van der Waals surface area (Å²) in [6.45, 7) is 2.87. The van der Waals surface area contributed by atoms with E-state index >= 15 is 0 Å². The first-order valence-corrected chi connectivity index (χ1v) is 7.71. The zero-order chi connectivity index (χ0) is 15.4. The molecule has 1 atom stereocenters. The molecule has 1 heterocycles. The number of amides is 1. The van der Waals surface area contributed by atoms with Crippen molar-refractivity contribution in [1.82, 2.24) is 9.78 Å². The zero-order valence-corrected chi connectivity index (χ0v) is 13.9. The number of nitrogens with zero attached hydrogens (tertiary/aromatic N) is 2. The van der Waals surface area contributed by atoms with Crippen LogP contribution in [0.3, 0.4) is 0 Å². The Kier molecular flexibility index (Phi) is 5.25. The van der Waals surface area contributed by atoms with Crippen LogP contribution in [0, 0.1) is 0 Å². The van der Waals surface area contributed by atoms with Gasteiger partial charge in [0.2, 0.25) is 5.91 Å². The number of carbonyl (C=O) groups excluding carboxylic acids is 1. The minimum Gasteiger partial charge on any atom is -0.370 e. The van der Waals surface area contributed by atoms with Gasteiger partial charge in [0.25, 0.3) is 0 Å². The molecular weight excluding hydrogens is 356 g/mol. The molecular formula is C14H16BrClN4O. The number of anilines is 1. The van der Waals surface area contributed by atoms with Gasteiger partial charge in [-0.25, -0.2) is 0 Å². The topological polar surface area (TPSA) is 72.9 Å². The van der Waals surface area contributed by atoms with Crippen LogP contribution in [0.1, 0.15) is 24.9 Å². The Hall–Kier alpha value is -1.53. The first kappa shape index (κ1) is 15.9. The maximum Gasteiger partial charge on any atom is 0.244 e. The van der Waals surface area contributed by atoms with E-state index in [9.17, 15) is 4.79 Å². The van der Waals surface area contributed by atoms with E-state index in [-0.39, 0.29) is 0 Å². The number of benzene rings is 1. The molecule has 0 aliphatic rings. The van der Waals surface area contributed by atoms with E-state index in [1.165, 1.54) is 0 Å². The Labute approximate surface area is 136 Å². The number of halogens is 2. The number of aryl methyl sites for hydroxylation is 1. The maximum atomic E-state index is 11.7.